The molecule has 4 N–H and O–H groups in total. The Hall–Kier alpha value is -2.20. The molecule has 0 spiro atoms. The highest BCUT2D eigenvalue weighted by Gasteiger charge is 2.04. The summed E-state index contributed by atoms with van der Waals surface area (Å²) in [4.78, 5) is 4.02. The van der Waals surface area contributed by atoms with Gasteiger partial charge < -0.3 is 16.2 Å². The van der Waals surface area contributed by atoms with Crippen molar-refractivity contribution >= 4 is 17.6 Å². The molecular formula is C15H16ClN3O. The number of guanidine groups is 1. The molecule has 0 aliphatic heterocycles. The zero-order valence-electron chi connectivity index (χ0n) is 10.9. The van der Waals surface area contributed by atoms with Gasteiger partial charge in [-0.2, -0.15) is 0 Å². The van der Waals surface area contributed by atoms with E-state index in [4.69, 9.17) is 27.8 Å². The van der Waals surface area contributed by atoms with Crippen molar-refractivity contribution < 1.29 is 4.74 Å². The van der Waals surface area contributed by atoms with Crippen LogP contribution in [0.25, 0.3) is 0 Å². The second-order valence-corrected chi connectivity index (χ2v) is 4.64. The summed E-state index contributed by atoms with van der Waals surface area (Å²) in [5, 5.41) is 0.592. The highest BCUT2D eigenvalue weighted by atomic mass is 35.5. The third kappa shape index (κ3) is 3.90. The van der Waals surface area contributed by atoms with Crippen LogP contribution in [-0.2, 0) is 13.2 Å². The van der Waals surface area contributed by atoms with Crippen LogP contribution in [0.1, 0.15) is 11.1 Å². The van der Waals surface area contributed by atoms with Crippen LogP contribution in [0.15, 0.2) is 53.5 Å². The van der Waals surface area contributed by atoms with E-state index >= 15 is 0 Å². The number of halogens is 1. The van der Waals surface area contributed by atoms with Gasteiger partial charge in [0.2, 0.25) is 0 Å². The highest BCUT2D eigenvalue weighted by molar-refractivity contribution is 6.32. The fourth-order valence-corrected chi connectivity index (χ4v) is 1.94. The minimum Gasteiger partial charge on any atom is -0.487 e. The molecule has 2 aromatic rings. The summed E-state index contributed by atoms with van der Waals surface area (Å²) >= 11 is 6.05. The largest absolute Gasteiger partial charge is 0.487 e. The topological polar surface area (TPSA) is 73.6 Å². The molecule has 0 heterocycles. The number of hydrogen-bond acceptors (Lipinski definition) is 2. The van der Waals surface area contributed by atoms with Crippen LogP contribution in [0.3, 0.4) is 0 Å². The van der Waals surface area contributed by atoms with Gasteiger partial charge in [0.05, 0.1) is 11.6 Å². The second kappa shape index (κ2) is 6.82. The molecule has 20 heavy (non-hydrogen) atoms. The predicted octanol–water partition coefficient (Wildman–Crippen LogP) is 2.69. The molecule has 4 nitrogen and oxygen atoms in total. The first-order chi connectivity index (χ1) is 9.66. The minimum atomic E-state index is 0.0758. The Labute approximate surface area is 123 Å². The smallest absolute Gasteiger partial charge is 0.186 e. The van der Waals surface area contributed by atoms with Crippen molar-refractivity contribution in [3.8, 4) is 5.75 Å². The number of rotatable bonds is 5. The highest BCUT2D eigenvalue weighted by Crippen LogP contribution is 2.24. The van der Waals surface area contributed by atoms with E-state index in [-0.39, 0.29) is 5.96 Å². The molecule has 5 heteroatoms. The van der Waals surface area contributed by atoms with Gasteiger partial charge >= 0.3 is 0 Å². The number of para-hydroxylation sites is 1. The molecule has 0 bridgehead atoms. The lowest BCUT2D eigenvalue weighted by molar-refractivity contribution is 0.305. The molecule has 0 atom stereocenters. The van der Waals surface area contributed by atoms with Crippen LogP contribution in [-0.4, -0.2) is 5.96 Å². The lowest BCUT2D eigenvalue weighted by Gasteiger charge is -2.11. The van der Waals surface area contributed by atoms with E-state index in [1.54, 1.807) is 6.07 Å². The lowest BCUT2D eigenvalue weighted by Crippen LogP contribution is -2.22. The number of ether oxygens (including phenoxy) is 1. The zero-order chi connectivity index (χ0) is 14.4. The predicted molar refractivity (Wildman–Crippen MR) is 81.7 cm³/mol. The summed E-state index contributed by atoms with van der Waals surface area (Å²) < 4.78 is 5.73. The van der Waals surface area contributed by atoms with Crippen molar-refractivity contribution in [3.05, 3.63) is 64.7 Å². The standard InChI is InChI=1S/C15H16ClN3O/c16-13-7-3-4-8-14(13)20-10-12-6-2-1-5-11(12)9-19-15(17)18/h1-8H,9-10H2,(H4,17,18,19). The van der Waals surface area contributed by atoms with Gasteiger partial charge in [0.25, 0.3) is 0 Å². The average molecular weight is 290 g/mol. The first-order valence-electron chi connectivity index (χ1n) is 6.16. The van der Waals surface area contributed by atoms with Gasteiger partial charge in [0, 0.05) is 0 Å². The summed E-state index contributed by atoms with van der Waals surface area (Å²) in [5.41, 5.74) is 12.8. The van der Waals surface area contributed by atoms with E-state index in [0.717, 1.165) is 11.1 Å². The minimum absolute atomic E-state index is 0.0758. The van der Waals surface area contributed by atoms with Gasteiger partial charge in [-0.25, -0.2) is 4.99 Å². The summed E-state index contributed by atoms with van der Waals surface area (Å²) in [7, 11) is 0. The summed E-state index contributed by atoms with van der Waals surface area (Å²) in [6, 6.07) is 15.2. The van der Waals surface area contributed by atoms with Crippen molar-refractivity contribution in [2.75, 3.05) is 0 Å². The molecule has 0 fully saturated rings. The van der Waals surface area contributed by atoms with Gasteiger partial charge in [0.1, 0.15) is 12.4 Å². The first kappa shape index (κ1) is 14.2. The fraction of sp³-hybridized carbons (Fsp3) is 0.133. The monoisotopic (exact) mass is 289 g/mol. The van der Waals surface area contributed by atoms with Gasteiger partial charge in [-0.1, -0.05) is 48.0 Å². The van der Waals surface area contributed by atoms with Gasteiger partial charge in [-0.05, 0) is 23.3 Å². The Balaban J connectivity index is 2.10. The SMILES string of the molecule is NC(N)=NCc1ccccc1COc1ccccc1Cl. The van der Waals surface area contributed by atoms with Crippen LogP contribution >= 0.6 is 11.6 Å². The summed E-state index contributed by atoms with van der Waals surface area (Å²) in [6.07, 6.45) is 0. The van der Waals surface area contributed by atoms with Crippen LogP contribution in [0, 0.1) is 0 Å². The Morgan fingerprint density at radius 2 is 1.65 bits per heavy atom. The molecule has 0 aliphatic rings. The number of hydrogen-bond donors (Lipinski definition) is 2. The number of nitrogens with zero attached hydrogens (tertiary/aromatic N) is 1. The molecule has 0 aromatic heterocycles. The first-order valence-corrected chi connectivity index (χ1v) is 6.54. The Kier molecular flexibility index (Phi) is 4.85. The molecule has 0 radical (unpaired) electrons. The summed E-state index contributed by atoms with van der Waals surface area (Å²) in [6.45, 7) is 0.851. The molecule has 0 saturated carbocycles. The van der Waals surface area contributed by atoms with Crippen molar-refractivity contribution in [1.82, 2.24) is 0 Å². The van der Waals surface area contributed by atoms with Crippen molar-refractivity contribution in [2.24, 2.45) is 16.5 Å². The van der Waals surface area contributed by atoms with Crippen molar-refractivity contribution in [1.29, 1.82) is 0 Å². The van der Waals surface area contributed by atoms with Gasteiger partial charge in [-0.3, -0.25) is 0 Å². The van der Waals surface area contributed by atoms with Crippen LogP contribution in [0.2, 0.25) is 5.02 Å². The fourth-order valence-electron chi connectivity index (χ4n) is 1.75. The summed E-state index contributed by atoms with van der Waals surface area (Å²) in [5.74, 6) is 0.734. The Bertz CT molecular complexity index is 610. The number of nitrogens with two attached hydrogens (primary N) is 2. The molecule has 0 unspecified atom stereocenters. The molecule has 0 saturated heterocycles. The van der Waals surface area contributed by atoms with E-state index < -0.39 is 0 Å². The normalized spacial score (nSPS) is 10.1. The van der Waals surface area contributed by atoms with E-state index in [1.165, 1.54) is 0 Å². The quantitative estimate of drug-likeness (QED) is 0.656. The average Bonchev–Trinajstić information content (AvgIpc) is 2.45. The van der Waals surface area contributed by atoms with E-state index in [9.17, 15) is 0 Å². The van der Waals surface area contributed by atoms with Crippen molar-refractivity contribution in [3.63, 3.8) is 0 Å². The second-order valence-electron chi connectivity index (χ2n) is 4.23. The van der Waals surface area contributed by atoms with Gasteiger partial charge in [0.15, 0.2) is 5.96 Å². The number of aliphatic imine (C=N–C) groups is 1. The third-order valence-corrected chi connectivity index (χ3v) is 3.08. The van der Waals surface area contributed by atoms with Crippen molar-refractivity contribution in [2.45, 2.75) is 13.2 Å². The zero-order valence-corrected chi connectivity index (χ0v) is 11.7. The van der Waals surface area contributed by atoms with Gasteiger partial charge in [-0.15, -0.1) is 0 Å². The van der Waals surface area contributed by atoms with E-state index in [0.29, 0.717) is 23.9 Å². The molecule has 2 aromatic carbocycles. The molecule has 2 rings (SSSR count). The molecular weight excluding hydrogens is 274 g/mol. The lowest BCUT2D eigenvalue weighted by atomic mass is 10.1. The Morgan fingerprint density at radius 3 is 2.35 bits per heavy atom. The Morgan fingerprint density at radius 1 is 1.00 bits per heavy atom. The molecule has 0 aliphatic carbocycles. The van der Waals surface area contributed by atoms with Crippen LogP contribution < -0.4 is 16.2 Å². The molecule has 104 valence electrons. The maximum atomic E-state index is 6.05. The van der Waals surface area contributed by atoms with E-state index in [1.807, 2.05) is 42.5 Å². The maximum absolute atomic E-state index is 6.05. The third-order valence-electron chi connectivity index (χ3n) is 2.77. The van der Waals surface area contributed by atoms with E-state index in [2.05, 4.69) is 4.99 Å². The molecule has 0 amide bonds. The van der Waals surface area contributed by atoms with Crippen LogP contribution in [0.5, 0.6) is 5.75 Å². The maximum Gasteiger partial charge on any atom is 0.186 e. The van der Waals surface area contributed by atoms with Crippen LogP contribution in [0.4, 0.5) is 0 Å². The number of benzene rings is 2.